The third kappa shape index (κ3) is 3.20. The average Bonchev–Trinajstić information content (AvgIpc) is 2.53. The van der Waals surface area contributed by atoms with Gasteiger partial charge in [0.2, 0.25) is 5.75 Å². The van der Waals surface area contributed by atoms with Gasteiger partial charge >= 0.3 is 0 Å². The van der Waals surface area contributed by atoms with Crippen molar-refractivity contribution in [1.82, 2.24) is 0 Å². The first-order valence-electron chi connectivity index (χ1n) is 6.52. The third-order valence-corrected chi connectivity index (χ3v) is 3.12. The number of hydrogen-bond donors (Lipinski definition) is 2. The molecule has 22 heavy (non-hydrogen) atoms. The highest BCUT2D eigenvalue weighted by atomic mass is 16.5. The summed E-state index contributed by atoms with van der Waals surface area (Å²) in [6.07, 6.45) is 2.83. The Morgan fingerprint density at radius 1 is 1.00 bits per heavy atom. The van der Waals surface area contributed by atoms with E-state index >= 15 is 0 Å². The van der Waals surface area contributed by atoms with Gasteiger partial charge in [0.1, 0.15) is 5.75 Å². The van der Waals surface area contributed by atoms with Gasteiger partial charge in [-0.1, -0.05) is 0 Å². The number of carbonyl (C=O) groups excluding carboxylic acids is 1. The van der Waals surface area contributed by atoms with Gasteiger partial charge in [-0.3, -0.25) is 4.79 Å². The molecular formula is C17H16O5. The summed E-state index contributed by atoms with van der Waals surface area (Å²) in [5.74, 6) is 0.368. The summed E-state index contributed by atoms with van der Waals surface area (Å²) in [6.45, 7) is 0. The summed E-state index contributed by atoms with van der Waals surface area (Å²) in [5.41, 5.74) is 0.874. The van der Waals surface area contributed by atoms with Gasteiger partial charge in [0.05, 0.1) is 14.2 Å². The second-order valence-corrected chi connectivity index (χ2v) is 4.48. The highest BCUT2D eigenvalue weighted by Gasteiger charge is 2.12. The van der Waals surface area contributed by atoms with Gasteiger partial charge in [-0.2, -0.15) is 0 Å². The number of carbonyl (C=O) groups is 1. The highest BCUT2D eigenvalue weighted by Crippen LogP contribution is 2.39. The standard InChI is InChI=1S/C17H16O5/c1-21-15-10-6-12(16(20)17(15)22-2)5-9-14(19)11-3-7-13(18)8-4-11/h3-10,18,20H,1-2H3. The molecule has 2 rings (SSSR count). The predicted octanol–water partition coefficient (Wildman–Crippen LogP) is 3.01. The molecule has 0 unspecified atom stereocenters. The van der Waals surface area contributed by atoms with Gasteiger partial charge in [0, 0.05) is 11.1 Å². The number of aromatic hydroxyl groups is 2. The Hall–Kier alpha value is -2.95. The zero-order valence-electron chi connectivity index (χ0n) is 12.2. The number of rotatable bonds is 5. The molecule has 0 saturated carbocycles. The highest BCUT2D eigenvalue weighted by molar-refractivity contribution is 6.07. The van der Waals surface area contributed by atoms with Crippen LogP contribution in [-0.2, 0) is 0 Å². The molecule has 0 fully saturated rings. The van der Waals surface area contributed by atoms with E-state index in [4.69, 9.17) is 9.47 Å². The summed E-state index contributed by atoms with van der Waals surface area (Å²) >= 11 is 0. The molecular weight excluding hydrogens is 284 g/mol. The number of phenols is 2. The van der Waals surface area contributed by atoms with Crippen LogP contribution >= 0.6 is 0 Å². The van der Waals surface area contributed by atoms with Crippen LogP contribution < -0.4 is 9.47 Å². The number of ether oxygens (including phenoxy) is 2. The van der Waals surface area contributed by atoms with Crippen LogP contribution in [0.3, 0.4) is 0 Å². The molecule has 0 aliphatic heterocycles. The first-order chi connectivity index (χ1) is 10.6. The average molecular weight is 300 g/mol. The van der Waals surface area contributed by atoms with Crippen molar-refractivity contribution in [3.8, 4) is 23.0 Å². The molecule has 2 N–H and O–H groups in total. The zero-order valence-corrected chi connectivity index (χ0v) is 12.2. The molecule has 5 heteroatoms. The minimum absolute atomic E-state index is 0.0954. The van der Waals surface area contributed by atoms with E-state index in [9.17, 15) is 15.0 Å². The van der Waals surface area contributed by atoms with Crippen LogP contribution in [0.2, 0.25) is 0 Å². The molecule has 0 spiro atoms. The van der Waals surface area contributed by atoms with Crippen molar-refractivity contribution >= 4 is 11.9 Å². The van der Waals surface area contributed by atoms with Crippen LogP contribution in [0.1, 0.15) is 15.9 Å². The minimum atomic E-state index is -0.241. The maximum Gasteiger partial charge on any atom is 0.203 e. The summed E-state index contributed by atoms with van der Waals surface area (Å²) in [4.78, 5) is 12.0. The van der Waals surface area contributed by atoms with Crippen molar-refractivity contribution in [1.29, 1.82) is 0 Å². The molecule has 0 aliphatic rings. The fourth-order valence-electron chi connectivity index (χ4n) is 1.95. The molecule has 2 aromatic carbocycles. The van der Waals surface area contributed by atoms with Gasteiger partial charge in [0.25, 0.3) is 0 Å². The van der Waals surface area contributed by atoms with Crippen molar-refractivity contribution in [2.75, 3.05) is 14.2 Å². The second kappa shape index (κ2) is 6.67. The third-order valence-electron chi connectivity index (χ3n) is 3.12. The van der Waals surface area contributed by atoms with Gasteiger partial charge < -0.3 is 19.7 Å². The number of methoxy groups -OCH3 is 2. The van der Waals surface area contributed by atoms with Crippen molar-refractivity contribution in [3.05, 3.63) is 53.6 Å². The van der Waals surface area contributed by atoms with E-state index in [0.29, 0.717) is 16.9 Å². The summed E-state index contributed by atoms with van der Waals surface area (Å²) in [5, 5.41) is 19.3. The van der Waals surface area contributed by atoms with Crippen molar-refractivity contribution in [2.24, 2.45) is 0 Å². The van der Waals surface area contributed by atoms with Crippen LogP contribution in [0.25, 0.3) is 6.08 Å². The zero-order chi connectivity index (χ0) is 16.1. The lowest BCUT2D eigenvalue weighted by atomic mass is 10.1. The SMILES string of the molecule is COc1ccc(C=CC(=O)c2ccc(O)cc2)c(O)c1OC. The predicted molar refractivity (Wildman–Crippen MR) is 82.7 cm³/mol. The van der Waals surface area contributed by atoms with Crippen LogP contribution in [0.5, 0.6) is 23.0 Å². The first kappa shape index (κ1) is 15.4. The minimum Gasteiger partial charge on any atom is -0.508 e. The summed E-state index contributed by atoms with van der Waals surface area (Å²) < 4.78 is 10.2. The van der Waals surface area contributed by atoms with Gasteiger partial charge in [-0.05, 0) is 48.6 Å². The first-order valence-corrected chi connectivity index (χ1v) is 6.52. The molecule has 0 amide bonds. The lowest BCUT2D eigenvalue weighted by Crippen LogP contribution is -1.94. The van der Waals surface area contributed by atoms with E-state index in [1.54, 1.807) is 12.1 Å². The van der Waals surface area contributed by atoms with Crippen LogP contribution in [0, 0.1) is 0 Å². The summed E-state index contributed by atoms with van der Waals surface area (Å²) in [6, 6.07) is 9.19. The van der Waals surface area contributed by atoms with E-state index in [0.717, 1.165) is 0 Å². The fourth-order valence-corrected chi connectivity index (χ4v) is 1.95. The van der Waals surface area contributed by atoms with Gasteiger partial charge in [0.15, 0.2) is 17.3 Å². The second-order valence-electron chi connectivity index (χ2n) is 4.48. The van der Waals surface area contributed by atoms with E-state index < -0.39 is 0 Å². The maximum absolute atomic E-state index is 12.0. The fraction of sp³-hybridized carbons (Fsp3) is 0.118. The molecule has 0 bridgehead atoms. The quantitative estimate of drug-likeness (QED) is 0.655. The Balaban J connectivity index is 2.26. The van der Waals surface area contributed by atoms with Crippen molar-refractivity contribution < 1.29 is 24.5 Å². The lowest BCUT2D eigenvalue weighted by Gasteiger charge is -2.10. The van der Waals surface area contributed by atoms with E-state index in [-0.39, 0.29) is 23.0 Å². The Bertz CT molecular complexity index is 702. The van der Waals surface area contributed by atoms with E-state index in [1.165, 1.54) is 50.6 Å². The number of benzene rings is 2. The Morgan fingerprint density at radius 3 is 2.27 bits per heavy atom. The number of ketones is 1. The molecule has 114 valence electrons. The topological polar surface area (TPSA) is 76.0 Å². The normalized spacial score (nSPS) is 10.6. The van der Waals surface area contributed by atoms with Gasteiger partial charge in [-0.15, -0.1) is 0 Å². The lowest BCUT2D eigenvalue weighted by molar-refractivity contribution is 0.104. The Morgan fingerprint density at radius 2 is 1.68 bits per heavy atom. The molecule has 0 aromatic heterocycles. The molecule has 5 nitrogen and oxygen atoms in total. The summed E-state index contributed by atoms with van der Waals surface area (Å²) in [7, 11) is 2.90. The Kier molecular flexibility index (Phi) is 4.68. The number of allylic oxidation sites excluding steroid dienone is 1. The molecule has 0 aliphatic carbocycles. The van der Waals surface area contributed by atoms with Crippen molar-refractivity contribution in [2.45, 2.75) is 0 Å². The molecule has 0 atom stereocenters. The molecule has 0 heterocycles. The van der Waals surface area contributed by atoms with Crippen LogP contribution in [0.15, 0.2) is 42.5 Å². The van der Waals surface area contributed by atoms with Crippen LogP contribution in [0.4, 0.5) is 0 Å². The molecule has 2 aromatic rings. The number of phenolic OH excluding ortho intramolecular Hbond substituents is 2. The smallest absolute Gasteiger partial charge is 0.203 e. The largest absolute Gasteiger partial charge is 0.508 e. The van der Waals surface area contributed by atoms with Crippen molar-refractivity contribution in [3.63, 3.8) is 0 Å². The maximum atomic E-state index is 12.0. The number of hydrogen-bond acceptors (Lipinski definition) is 5. The van der Waals surface area contributed by atoms with E-state index in [2.05, 4.69) is 0 Å². The van der Waals surface area contributed by atoms with Crippen LogP contribution in [-0.4, -0.2) is 30.2 Å². The molecule has 0 radical (unpaired) electrons. The monoisotopic (exact) mass is 300 g/mol. The molecule has 0 saturated heterocycles. The van der Waals surface area contributed by atoms with Gasteiger partial charge in [-0.25, -0.2) is 0 Å². The van der Waals surface area contributed by atoms with E-state index in [1.807, 2.05) is 0 Å². The Labute approximate surface area is 128 Å².